The molecule has 1 amide bonds. The van der Waals surface area contributed by atoms with E-state index in [0.717, 1.165) is 0 Å². The van der Waals surface area contributed by atoms with E-state index >= 15 is 0 Å². The van der Waals surface area contributed by atoms with Gasteiger partial charge >= 0.3 is 5.97 Å². The van der Waals surface area contributed by atoms with Gasteiger partial charge in [0.25, 0.3) is 5.91 Å². The number of aromatic nitrogens is 1. The van der Waals surface area contributed by atoms with Crippen molar-refractivity contribution in [2.45, 2.75) is 26.4 Å². The molecule has 6 heteroatoms. The van der Waals surface area contributed by atoms with Crippen LogP contribution < -0.4 is 5.32 Å². The van der Waals surface area contributed by atoms with Crippen LogP contribution in [0.25, 0.3) is 0 Å². The first-order valence-corrected chi connectivity index (χ1v) is 5.94. The molecule has 1 unspecified atom stereocenters. The SMILES string of the molecule is CC(C)C(C)(O)CNC(=O)c1ccnc(C(=O)O)c1. The average Bonchev–Trinajstić information content (AvgIpc) is 2.36. The van der Waals surface area contributed by atoms with Gasteiger partial charge in [-0.15, -0.1) is 0 Å². The number of hydrogen-bond donors (Lipinski definition) is 3. The summed E-state index contributed by atoms with van der Waals surface area (Å²) in [5.41, 5.74) is -1.01. The van der Waals surface area contributed by atoms with Gasteiger partial charge in [0.15, 0.2) is 0 Å². The van der Waals surface area contributed by atoms with Gasteiger partial charge in [0, 0.05) is 18.3 Å². The molecular weight excluding hydrogens is 248 g/mol. The number of nitrogens with one attached hydrogen (secondary N) is 1. The number of aliphatic hydroxyl groups is 1. The fraction of sp³-hybridized carbons (Fsp3) is 0.462. The summed E-state index contributed by atoms with van der Waals surface area (Å²) in [5, 5.41) is 21.4. The maximum atomic E-state index is 11.8. The third-order valence-electron chi connectivity index (χ3n) is 3.09. The first-order valence-electron chi connectivity index (χ1n) is 5.94. The Morgan fingerprint density at radius 1 is 1.47 bits per heavy atom. The lowest BCUT2D eigenvalue weighted by atomic mass is 9.92. The van der Waals surface area contributed by atoms with E-state index in [1.807, 2.05) is 13.8 Å². The van der Waals surface area contributed by atoms with Crippen molar-refractivity contribution in [3.8, 4) is 0 Å². The lowest BCUT2D eigenvalue weighted by Gasteiger charge is -2.27. The van der Waals surface area contributed by atoms with Gasteiger partial charge in [-0.25, -0.2) is 9.78 Å². The molecule has 3 N–H and O–H groups in total. The Morgan fingerprint density at radius 2 is 2.11 bits per heavy atom. The molecule has 0 saturated carbocycles. The largest absolute Gasteiger partial charge is 0.477 e. The highest BCUT2D eigenvalue weighted by atomic mass is 16.4. The summed E-state index contributed by atoms with van der Waals surface area (Å²) < 4.78 is 0. The Balaban J connectivity index is 2.74. The molecule has 0 aromatic carbocycles. The molecule has 0 bridgehead atoms. The number of pyridine rings is 1. The Labute approximate surface area is 111 Å². The van der Waals surface area contributed by atoms with E-state index in [2.05, 4.69) is 10.3 Å². The monoisotopic (exact) mass is 266 g/mol. The van der Waals surface area contributed by atoms with Crippen molar-refractivity contribution in [2.75, 3.05) is 6.54 Å². The molecule has 19 heavy (non-hydrogen) atoms. The number of carboxylic acid groups (broad SMARTS) is 1. The van der Waals surface area contributed by atoms with E-state index in [1.54, 1.807) is 6.92 Å². The molecule has 6 nitrogen and oxygen atoms in total. The van der Waals surface area contributed by atoms with Crippen LogP contribution in [-0.2, 0) is 0 Å². The lowest BCUT2D eigenvalue weighted by molar-refractivity contribution is 0.0142. The first-order chi connectivity index (χ1) is 8.74. The Hall–Kier alpha value is -1.95. The molecule has 0 aliphatic heterocycles. The zero-order valence-electron chi connectivity index (χ0n) is 11.2. The second-order valence-electron chi connectivity index (χ2n) is 4.93. The minimum atomic E-state index is -1.19. The van der Waals surface area contributed by atoms with Crippen molar-refractivity contribution >= 4 is 11.9 Å². The maximum absolute atomic E-state index is 11.8. The molecular formula is C13H18N2O4. The van der Waals surface area contributed by atoms with Gasteiger partial charge in [0.1, 0.15) is 5.69 Å². The zero-order chi connectivity index (χ0) is 14.6. The minimum absolute atomic E-state index is 0.0141. The molecule has 0 radical (unpaired) electrons. The van der Waals surface area contributed by atoms with E-state index in [1.165, 1.54) is 18.3 Å². The highest BCUT2D eigenvalue weighted by molar-refractivity contribution is 5.96. The predicted octanol–water partition coefficient (Wildman–Crippen LogP) is 0.917. The summed E-state index contributed by atoms with van der Waals surface area (Å²) in [5.74, 6) is -1.64. The van der Waals surface area contributed by atoms with Gasteiger partial charge in [-0.1, -0.05) is 13.8 Å². The van der Waals surface area contributed by atoms with E-state index in [9.17, 15) is 14.7 Å². The van der Waals surface area contributed by atoms with Gasteiger partial charge in [0.05, 0.1) is 5.60 Å². The smallest absolute Gasteiger partial charge is 0.354 e. The van der Waals surface area contributed by atoms with Crippen LogP contribution in [0.1, 0.15) is 41.6 Å². The molecule has 0 aliphatic carbocycles. The topological polar surface area (TPSA) is 99.5 Å². The lowest BCUT2D eigenvalue weighted by Crippen LogP contribution is -2.44. The highest BCUT2D eigenvalue weighted by Crippen LogP contribution is 2.14. The first kappa shape index (κ1) is 15.1. The van der Waals surface area contributed by atoms with Crippen molar-refractivity contribution in [3.63, 3.8) is 0 Å². The minimum Gasteiger partial charge on any atom is -0.477 e. The summed E-state index contributed by atoms with van der Waals surface area (Å²) in [4.78, 5) is 26.2. The van der Waals surface area contributed by atoms with Crippen LogP contribution >= 0.6 is 0 Å². The van der Waals surface area contributed by atoms with Gasteiger partial charge in [-0.3, -0.25) is 4.79 Å². The predicted molar refractivity (Wildman–Crippen MR) is 69.0 cm³/mol. The fourth-order valence-electron chi connectivity index (χ4n) is 1.25. The van der Waals surface area contributed by atoms with Crippen molar-refractivity contribution in [3.05, 3.63) is 29.6 Å². The van der Waals surface area contributed by atoms with Crippen molar-refractivity contribution in [1.82, 2.24) is 10.3 Å². The molecule has 0 fully saturated rings. The maximum Gasteiger partial charge on any atom is 0.354 e. The van der Waals surface area contributed by atoms with Crippen LogP contribution in [0, 0.1) is 5.92 Å². The molecule has 1 rings (SSSR count). The van der Waals surface area contributed by atoms with Crippen molar-refractivity contribution in [2.24, 2.45) is 5.92 Å². The standard InChI is InChI=1S/C13H18N2O4/c1-8(2)13(3,19)7-15-11(16)9-4-5-14-10(6-9)12(17)18/h4-6,8,19H,7H2,1-3H3,(H,15,16)(H,17,18). The second kappa shape index (κ2) is 5.79. The third kappa shape index (κ3) is 4.03. The van der Waals surface area contributed by atoms with Crippen LogP contribution in [-0.4, -0.2) is 39.2 Å². The van der Waals surface area contributed by atoms with Crippen LogP contribution in [0.4, 0.5) is 0 Å². The molecule has 104 valence electrons. The highest BCUT2D eigenvalue weighted by Gasteiger charge is 2.25. The molecule has 1 heterocycles. The number of amides is 1. The molecule has 1 aromatic rings. The van der Waals surface area contributed by atoms with Crippen molar-refractivity contribution in [1.29, 1.82) is 0 Å². The summed E-state index contributed by atoms with van der Waals surface area (Å²) in [7, 11) is 0. The van der Waals surface area contributed by atoms with Gasteiger partial charge in [0.2, 0.25) is 0 Å². The molecule has 1 atom stereocenters. The van der Waals surface area contributed by atoms with Gasteiger partial charge in [-0.05, 0) is 25.0 Å². The van der Waals surface area contributed by atoms with Crippen LogP contribution in [0.2, 0.25) is 0 Å². The molecule has 0 spiro atoms. The average molecular weight is 266 g/mol. The summed E-state index contributed by atoms with van der Waals surface area (Å²) in [6.45, 7) is 5.42. The third-order valence-corrected chi connectivity index (χ3v) is 3.09. The Kier molecular flexibility index (Phi) is 4.61. The molecule has 1 aromatic heterocycles. The quantitative estimate of drug-likeness (QED) is 0.735. The number of nitrogens with zero attached hydrogens (tertiary/aromatic N) is 1. The van der Waals surface area contributed by atoms with E-state index in [4.69, 9.17) is 5.11 Å². The normalized spacial score (nSPS) is 13.9. The number of aromatic carboxylic acids is 1. The van der Waals surface area contributed by atoms with Gasteiger partial charge in [-0.2, -0.15) is 0 Å². The Morgan fingerprint density at radius 3 is 2.63 bits per heavy atom. The number of hydrogen-bond acceptors (Lipinski definition) is 4. The number of carbonyl (C=O) groups excluding carboxylic acids is 1. The van der Waals surface area contributed by atoms with Gasteiger partial charge < -0.3 is 15.5 Å². The summed E-state index contributed by atoms with van der Waals surface area (Å²) in [6, 6.07) is 2.62. The molecule has 0 aliphatic rings. The van der Waals surface area contributed by atoms with Crippen LogP contribution in [0.5, 0.6) is 0 Å². The van der Waals surface area contributed by atoms with Crippen molar-refractivity contribution < 1.29 is 19.8 Å². The summed E-state index contributed by atoms with van der Waals surface area (Å²) >= 11 is 0. The number of carboxylic acids is 1. The van der Waals surface area contributed by atoms with E-state index < -0.39 is 17.5 Å². The van der Waals surface area contributed by atoms with E-state index in [-0.39, 0.29) is 23.7 Å². The second-order valence-corrected chi connectivity index (χ2v) is 4.93. The zero-order valence-corrected chi connectivity index (χ0v) is 11.2. The number of rotatable bonds is 5. The Bertz CT molecular complexity index is 483. The summed E-state index contributed by atoms with van der Waals surface area (Å²) in [6.07, 6.45) is 1.26. The van der Waals surface area contributed by atoms with Crippen LogP contribution in [0.15, 0.2) is 18.3 Å². The van der Waals surface area contributed by atoms with Crippen LogP contribution in [0.3, 0.4) is 0 Å². The number of carbonyl (C=O) groups is 2. The molecule has 0 saturated heterocycles. The van der Waals surface area contributed by atoms with E-state index in [0.29, 0.717) is 0 Å². The fourth-order valence-corrected chi connectivity index (χ4v) is 1.25.